The predicted octanol–water partition coefficient (Wildman–Crippen LogP) is 11.4. The van der Waals surface area contributed by atoms with Crippen LogP contribution < -0.4 is 0 Å². The first-order valence-electron chi connectivity index (χ1n) is 19.8. The third-order valence-electron chi connectivity index (χ3n) is 7.96. The largest absolute Gasteiger partial charge is 0.353 e. The molecule has 0 aliphatic heterocycles. The van der Waals surface area contributed by atoms with Crippen molar-refractivity contribution in [2.75, 3.05) is 39.6 Å². The fourth-order valence-corrected chi connectivity index (χ4v) is 5.34. The first-order chi connectivity index (χ1) is 23.1. The van der Waals surface area contributed by atoms with Crippen molar-refractivity contribution in [3.63, 3.8) is 0 Å². The molecule has 0 aromatic rings. The van der Waals surface area contributed by atoms with E-state index in [1.807, 2.05) is 39.8 Å². The van der Waals surface area contributed by atoms with Gasteiger partial charge in [0, 0.05) is 39.3 Å². The highest BCUT2D eigenvalue weighted by Crippen LogP contribution is 2.15. The minimum Gasteiger partial charge on any atom is -0.353 e. The van der Waals surface area contributed by atoms with Gasteiger partial charge < -0.3 is 33.2 Å². The molecule has 0 saturated carbocycles. The van der Waals surface area contributed by atoms with Crippen LogP contribution in [0.4, 0.5) is 0 Å². The van der Waals surface area contributed by atoms with E-state index < -0.39 is 12.6 Å². The van der Waals surface area contributed by atoms with Crippen molar-refractivity contribution >= 4 is 0 Å². The summed E-state index contributed by atoms with van der Waals surface area (Å²) in [7, 11) is 0. The highest BCUT2D eigenvalue weighted by Gasteiger charge is 2.15. The lowest BCUT2D eigenvalue weighted by molar-refractivity contribution is -0.208. The van der Waals surface area contributed by atoms with E-state index in [1.165, 1.54) is 89.9 Å². The fourth-order valence-electron chi connectivity index (χ4n) is 5.34. The number of hydrogen-bond acceptors (Lipinski definition) is 7. The Morgan fingerprint density at radius 2 is 0.702 bits per heavy atom. The van der Waals surface area contributed by atoms with Crippen LogP contribution in [0.2, 0.25) is 0 Å². The summed E-state index contributed by atoms with van der Waals surface area (Å²) in [5.41, 5.74) is 0. The normalized spacial score (nSPS) is 13.6. The Kier molecular flexibility index (Phi) is 37.4. The summed E-state index contributed by atoms with van der Waals surface area (Å²) in [6, 6.07) is 0. The van der Waals surface area contributed by atoms with Crippen molar-refractivity contribution in [2.24, 2.45) is 0 Å². The van der Waals surface area contributed by atoms with Crippen molar-refractivity contribution in [1.29, 1.82) is 0 Å². The van der Waals surface area contributed by atoms with Crippen molar-refractivity contribution in [1.82, 2.24) is 0 Å². The minimum absolute atomic E-state index is 0.185. The van der Waals surface area contributed by atoms with Gasteiger partial charge in [-0.2, -0.15) is 0 Å². The van der Waals surface area contributed by atoms with Gasteiger partial charge in [-0.3, -0.25) is 0 Å². The van der Waals surface area contributed by atoms with E-state index in [9.17, 15) is 0 Å². The second-order valence-corrected chi connectivity index (χ2v) is 12.3. The van der Waals surface area contributed by atoms with Gasteiger partial charge >= 0.3 is 0 Å². The molecule has 0 aliphatic carbocycles. The molecule has 47 heavy (non-hydrogen) atoms. The molecule has 7 nitrogen and oxygen atoms in total. The van der Waals surface area contributed by atoms with Gasteiger partial charge in [-0.1, -0.05) is 116 Å². The molecule has 0 saturated heterocycles. The van der Waals surface area contributed by atoms with Gasteiger partial charge in [-0.25, -0.2) is 0 Å². The molecule has 7 heteroatoms. The number of unbranched alkanes of at least 4 members (excludes halogenated alkanes) is 14. The van der Waals surface area contributed by atoms with Crippen LogP contribution in [-0.2, 0) is 33.2 Å². The lowest BCUT2D eigenvalue weighted by Crippen LogP contribution is -2.25. The monoisotopic (exact) mass is 671 g/mol. The highest BCUT2D eigenvalue weighted by atomic mass is 16.8. The van der Waals surface area contributed by atoms with Crippen LogP contribution >= 0.6 is 0 Å². The Bertz CT molecular complexity index is 590. The summed E-state index contributed by atoms with van der Waals surface area (Å²) in [6.45, 7) is 16.4. The first-order valence-corrected chi connectivity index (χ1v) is 19.8. The van der Waals surface area contributed by atoms with Crippen molar-refractivity contribution in [3.05, 3.63) is 24.3 Å². The lowest BCUT2D eigenvalue weighted by atomic mass is 10.1. The van der Waals surface area contributed by atoms with Gasteiger partial charge in [-0.15, -0.1) is 0 Å². The maximum atomic E-state index is 6.46. The van der Waals surface area contributed by atoms with Crippen LogP contribution in [0.15, 0.2) is 24.3 Å². The molecule has 0 spiro atoms. The predicted molar refractivity (Wildman–Crippen MR) is 197 cm³/mol. The molecule has 0 fully saturated rings. The molecule has 2 unspecified atom stereocenters. The molecule has 0 amide bonds. The molecule has 280 valence electrons. The van der Waals surface area contributed by atoms with Crippen molar-refractivity contribution < 1.29 is 33.2 Å². The zero-order valence-electron chi connectivity index (χ0n) is 31.9. The van der Waals surface area contributed by atoms with Crippen LogP contribution in [-0.4, -0.2) is 64.8 Å². The van der Waals surface area contributed by atoms with Crippen LogP contribution in [0.1, 0.15) is 170 Å². The summed E-state index contributed by atoms with van der Waals surface area (Å²) in [6.07, 6.45) is 30.5. The van der Waals surface area contributed by atoms with Crippen molar-refractivity contribution in [2.45, 2.75) is 195 Å². The fraction of sp³-hybridized carbons (Fsp3) is 0.900. The molecule has 0 heterocycles. The maximum Gasteiger partial charge on any atom is 0.180 e. The summed E-state index contributed by atoms with van der Waals surface area (Å²) < 4.78 is 41.9. The van der Waals surface area contributed by atoms with Crippen LogP contribution in [0.25, 0.3) is 0 Å². The van der Waals surface area contributed by atoms with E-state index in [2.05, 4.69) is 26.0 Å². The summed E-state index contributed by atoms with van der Waals surface area (Å²) in [4.78, 5) is 0. The maximum absolute atomic E-state index is 6.46. The van der Waals surface area contributed by atoms with Gasteiger partial charge in [0.05, 0.1) is 13.2 Å². The van der Waals surface area contributed by atoms with E-state index in [1.54, 1.807) is 0 Å². The first kappa shape index (κ1) is 46.2. The summed E-state index contributed by atoms with van der Waals surface area (Å²) in [5, 5.41) is 0. The van der Waals surface area contributed by atoms with E-state index in [0.717, 1.165) is 38.5 Å². The Morgan fingerprint density at radius 1 is 0.383 bits per heavy atom. The van der Waals surface area contributed by atoms with Gasteiger partial charge in [-0.05, 0) is 65.5 Å². The average molecular weight is 671 g/mol. The van der Waals surface area contributed by atoms with E-state index in [0.29, 0.717) is 39.6 Å². The number of rotatable bonds is 38. The Labute approximate surface area is 291 Å². The minimum atomic E-state index is -0.481. The van der Waals surface area contributed by atoms with Gasteiger partial charge in [0.25, 0.3) is 0 Å². The molecule has 0 aromatic carbocycles. The Balaban J connectivity index is 5.21. The summed E-state index contributed by atoms with van der Waals surface area (Å²) >= 11 is 0. The third kappa shape index (κ3) is 32.2. The van der Waals surface area contributed by atoms with Crippen LogP contribution in [0, 0.1) is 0 Å². The number of hydrogen-bond donors (Lipinski definition) is 0. The van der Waals surface area contributed by atoms with E-state index in [4.69, 9.17) is 33.2 Å². The SMILES string of the molecule is CCCCCCCCCCOC(C=CCCC(OCC)OCC)OC(C=CCCC(OCC)OCC)OCCCCCCCCCC. The summed E-state index contributed by atoms with van der Waals surface area (Å²) in [5.74, 6) is 0. The molecular weight excluding hydrogens is 592 g/mol. The zero-order valence-corrected chi connectivity index (χ0v) is 31.9. The van der Waals surface area contributed by atoms with E-state index in [-0.39, 0.29) is 12.6 Å². The van der Waals surface area contributed by atoms with Crippen LogP contribution in [0.5, 0.6) is 0 Å². The molecule has 0 aromatic heterocycles. The third-order valence-corrected chi connectivity index (χ3v) is 7.96. The van der Waals surface area contributed by atoms with Crippen molar-refractivity contribution in [3.8, 4) is 0 Å². The van der Waals surface area contributed by atoms with E-state index >= 15 is 0 Å². The van der Waals surface area contributed by atoms with Gasteiger partial charge in [0.1, 0.15) is 0 Å². The lowest BCUT2D eigenvalue weighted by Gasteiger charge is -2.22. The smallest absolute Gasteiger partial charge is 0.180 e. The number of allylic oxidation sites excluding steroid dienone is 2. The van der Waals surface area contributed by atoms with Crippen LogP contribution in [0.3, 0.4) is 0 Å². The molecule has 0 radical (unpaired) electrons. The molecule has 2 atom stereocenters. The zero-order chi connectivity index (χ0) is 34.5. The second-order valence-electron chi connectivity index (χ2n) is 12.3. The second kappa shape index (κ2) is 38.0. The number of ether oxygens (including phenoxy) is 7. The topological polar surface area (TPSA) is 64.6 Å². The molecular formula is C40H78O7. The Morgan fingerprint density at radius 3 is 1.02 bits per heavy atom. The molecule has 0 aliphatic rings. The quantitative estimate of drug-likeness (QED) is 0.0368. The highest BCUT2D eigenvalue weighted by molar-refractivity contribution is 4.90. The van der Waals surface area contributed by atoms with Gasteiger partial charge in [0.2, 0.25) is 0 Å². The Hall–Kier alpha value is -0.800. The molecule has 0 bridgehead atoms. The molecule has 0 N–H and O–H groups in total. The average Bonchev–Trinajstić information content (AvgIpc) is 3.06. The molecule has 0 rings (SSSR count). The van der Waals surface area contributed by atoms with Gasteiger partial charge in [0.15, 0.2) is 25.2 Å². The standard InChI is InChI=1S/C40H78O7/c1-7-13-15-17-19-21-23-29-35-45-39(33-27-25-31-37(41-9-3)42-10-4)47-40(34-28-26-32-38(43-11-5)44-12-6)46-36-30-24-22-20-18-16-14-8-2/h27-28,33-34,37-40H,7-26,29-32,35-36H2,1-6H3.